The van der Waals surface area contributed by atoms with Crippen LogP contribution in [0.2, 0.25) is 0 Å². The third-order valence-corrected chi connectivity index (χ3v) is 6.53. The van der Waals surface area contributed by atoms with Crippen molar-refractivity contribution in [1.29, 1.82) is 0 Å². The molecular formula is C24H30N3O4+. The van der Waals surface area contributed by atoms with Gasteiger partial charge in [0.1, 0.15) is 29.7 Å². The van der Waals surface area contributed by atoms with Crippen molar-refractivity contribution in [3.63, 3.8) is 0 Å². The molecule has 7 heteroatoms. The molecule has 7 nitrogen and oxygen atoms in total. The highest BCUT2D eigenvalue weighted by Gasteiger charge is 2.45. The number of carbonyl (C=O) groups excluding carboxylic acids is 2. The summed E-state index contributed by atoms with van der Waals surface area (Å²) >= 11 is 0. The first-order valence-electron chi connectivity index (χ1n) is 10.7. The molecule has 1 fully saturated rings. The van der Waals surface area contributed by atoms with Crippen molar-refractivity contribution in [2.75, 3.05) is 20.2 Å². The van der Waals surface area contributed by atoms with Crippen LogP contribution in [0.15, 0.2) is 42.5 Å². The summed E-state index contributed by atoms with van der Waals surface area (Å²) in [5.74, 6) is 1.32. The first-order chi connectivity index (χ1) is 14.9. The number of rotatable bonds is 5. The van der Waals surface area contributed by atoms with E-state index in [2.05, 4.69) is 17.4 Å². The van der Waals surface area contributed by atoms with Crippen LogP contribution in [-0.4, -0.2) is 42.5 Å². The Morgan fingerprint density at radius 3 is 2.52 bits per heavy atom. The van der Waals surface area contributed by atoms with Gasteiger partial charge in [0.15, 0.2) is 0 Å². The number of primary amides is 1. The lowest BCUT2D eigenvalue weighted by Crippen LogP contribution is -2.85. The minimum Gasteiger partial charge on any atom is -0.497 e. The van der Waals surface area contributed by atoms with E-state index in [1.807, 2.05) is 29.2 Å². The number of amides is 2. The number of ether oxygens (including phenoxy) is 2. The van der Waals surface area contributed by atoms with E-state index in [9.17, 15) is 9.59 Å². The SMILES string of the molecule is COc1ccc(C[NH2+]C2CC3(CCN(C(C)=O)CC3)Oc3ccc(C(N)=O)cc32)cc1. The lowest BCUT2D eigenvalue weighted by atomic mass is 9.80. The van der Waals surface area contributed by atoms with Gasteiger partial charge in [0.05, 0.1) is 12.7 Å². The number of carbonyl (C=O) groups is 2. The zero-order chi connectivity index (χ0) is 22.0. The van der Waals surface area contributed by atoms with Crippen LogP contribution in [0.5, 0.6) is 11.5 Å². The fourth-order valence-electron chi connectivity index (χ4n) is 4.66. The predicted molar refractivity (Wildman–Crippen MR) is 116 cm³/mol. The zero-order valence-corrected chi connectivity index (χ0v) is 18.1. The van der Waals surface area contributed by atoms with Crippen LogP contribution < -0.4 is 20.5 Å². The van der Waals surface area contributed by atoms with Crippen LogP contribution in [0.1, 0.15) is 53.7 Å². The normalized spacial score (nSPS) is 19.4. The summed E-state index contributed by atoms with van der Waals surface area (Å²) in [6, 6.07) is 13.6. The third-order valence-electron chi connectivity index (χ3n) is 6.53. The van der Waals surface area contributed by atoms with E-state index in [-0.39, 0.29) is 17.6 Å². The number of quaternary nitrogens is 1. The van der Waals surface area contributed by atoms with Crippen LogP contribution in [-0.2, 0) is 11.3 Å². The molecule has 0 aliphatic carbocycles. The molecule has 2 heterocycles. The molecule has 2 aliphatic heterocycles. The molecule has 1 unspecified atom stereocenters. The number of nitrogens with two attached hydrogens (primary N) is 2. The van der Waals surface area contributed by atoms with E-state index in [4.69, 9.17) is 15.2 Å². The van der Waals surface area contributed by atoms with E-state index in [0.717, 1.165) is 42.9 Å². The van der Waals surface area contributed by atoms with Crippen LogP contribution in [0.25, 0.3) is 0 Å². The van der Waals surface area contributed by atoms with Gasteiger partial charge in [0.25, 0.3) is 0 Å². The highest BCUT2D eigenvalue weighted by molar-refractivity contribution is 5.93. The second-order valence-electron chi connectivity index (χ2n) is 8.51. The van der Waals surface area contributed by atoms with Gasteiger partial charge in [-0.1, -0.05) is 0 Å². The minimum absolute atomic E-state index is 0.111. The zero-order valence-electron chi connectivity index (χ0n) is 18.1. The molecule has 1 atom stereocenters. The second kappa shape index (κ2) is 8.59. The average molecular weight is 425 g/mol. The van der Waals surface area contributed by atoms with E-state index in [0.29, 0.717) is 18.7 Å². The Hall–Kier alpha value is -3.06. The fourth-order valence-corrected chi connectivity index (χ4v) is 4.66. The summed E-state index contributed by atoms with van der Waals surface area (Å²) in [7, 11) is 1.66. The third kappa shape index (κ3) is 4.51. The quantitative estimate of drug-likeness (QED) is 0.764. The van der Waals surface area contributed by atoms with Crippen LogP contribution in [0.4, 0.5) is 0 Å². The van der Waals surface area contributed by atoms with E-state index in [1.165, 1.54) is 5.56 Å². The lowest BCUT2D eigenvalue weighted by molar-refractivity contribution is -0.714. The molecule has 2 aromatic carbocycles. The summed E-state index contributed by atoms with van der Waals surface area (Å²) < 4.78 is 11.8. The highest BCUT2D eigenvalue weighted by Crippen LogP contribution is 2.43. The maximum Gasteiger partial charge on any atom is 0.248 e. The van der Waals surface area contributed by atoms with Gasteiger partial charge < -0.3 is 25.4 Å². The first kappa shape index (κ1) is 21.2. The molecule has 31 heavy (non-hydrogen) atoms. The molecule has 0 aromatic heterocycles. The number of methoxy groups -OCH3 is 1. The molecule has 4 rings (SSSR count). The molecule has 0 saturated carbocycles. The van der Waals surface area contributed by atoms with Crippen molar-refractivity contribution < 1.29 is 24.4 Å². The lowest BCUT2D eigenvalue weighted by Gasteiger charge is -2.46. The first-order valence-corrected chi connectivity index (χ1v) is 10.7. The van der Waals surface area contributed by atoms with Gasteiger partial charge >= 0.3 is 0 Å². The van der Waals surface area contributed by atoms with Gasteiger partial charge in [0, 0.05) is 50.4 Å². The average Bonchev–Trinajstić information content (AvgIpc) is 2.77. The molecular weight excluding hydrogens is 394 g/mol. The summed E-state index contributed by atoms with van der Waals surface area (Å²) in [4.78, 5) is 25.4. The maximum atomic E-state index is 11.8. The minimum atomic E-state index is -0.438. The Bertz CT molecular complexity index is 965. The van der Waals surface area contributed by atoms with Crippen molar-refractivity contribution in [3.05, 3.63) is 59.2 Å². The molecule has 2 amide bonds. The Balaban J connectivity index is 1.57. The number of likely N-dealkylation sites (tertiary alicyclic amines) is 1. The number of nitrogens with zero attached hydrogens (tertiary/aromatic N) is 1. The van der Waals surface area contributed by atoms with Gasteiger partial charge in [-0.15, -0.1) is 0 Å². The van der Waals surface area contributed by atoms with Crippen LogP contribution in [0.3, 0.4) is 0 Å². The Morgan fingerprint density at radius 1 is 1.19 bits per heavy atom. The van der Waals surface area contributed by atoms with Gasteiger partial charge in [-0.25, -0.2) is 0 Å². The topological polar surface area (TPSA) is 98.5 Å². The van der Waals surface area contributed by atoms with E-state index < -0.39 is 5.91 Å². The smallest absolute Gasteiger partial charge is 0.248 e. The van der Waals surface area contributed by atoms with Gasteiger partial charge in [-0.05, 0) is 42.5 Å². The van der Waals surface area contributed by atoms with Crippen LogP contribution in [0, 0.1) is 0 Å². The van der Waals surface area contributed by atoms with Crippen molar-refractivity contribution in [3.8, 4) is 11.5 Å². The number of fused-ring (bicyclic) bond motifs is 1. The molecule has 0 radical (unpaired) electrons. The van der Waals surface area contributed by atoms with Crippen molar-refractivity contribution in [2.45, 2.75) is 44.4 Å². The van der Waals surface area contributed by atoms with E-state index in [1.54, 1.807) is 20.1 Å². The molecule has 1 saturated heterocycles. The molecule has 4 N–H and O–H groups in total. The predicted octanol–water partition coefficient (Wildman–Crippen LogP) is 1.76. The van der Waals surface area contributed by atoms with Gasteiger partial charge in [-0.3, -0.25) is 9.59 Å². The summed E-state index contributed by atoms with van der Waals surface area (Å²) in [6.45, 7) is 3.82. The molecule has 0 bridgehead atoms. The Labute approximate surface area is 182 Å². The molecule has 2 aliphatic rings. The van der Waals surface area contributed by atoms with Crippen molar-refractivity contribution in [2.24, 2.45) is 5.73 Å². The second-order valence-corrected chi connectivity index (χ2v) is 8.51. The molecule has 2 aromatic rings. The van der Waals surface area contributed by atoms with Gasteiger partial charge in [0.2, 0.25) is 11.8 Å². The maximum absolute atomic E-state index is 11.8. The van der Waals surface area contributed by atoms with Crippen LogP contribution >= 0.6 is 0 Å². The van der Waals surface area contributed by atoms with Crippen molar-refractivity contribution in [1.82, 2.24) is 4.90 Å². The largest absolute Gasteiger partial charge is 0.497 e. The Kier molecular flexibility index (Phi) is 5.87. The number of piperidine rings is 1. The molecule has 1 spiro atoms. The summed E-state index contributed by atoms with van der Waals surface area (Å²) in [5.41, 5.74) is 7.92. The summed E-state index contributed by atoms with van der Waals surface area (Å²) in [5, 5.41) is 2.30. The van der Waals surface area contributed by atoms with Crippen molar-refractivity contribution >= 4 is 11.8 Å². The Morgan fingerprint density at radius 2 is 1.90 bits per heavy atom. The van der Waals surface area contributed by atoms with Gasteiger partial charge in [-0.2, -0.15) is 0 Å². The fraction of sp³-hybridized carbons (Fsp3) is 0.417. The monoisotopic (exact) mass is 424 g/mol. The summed E-state index contributed by atoms with van der Waals surface area (Å²) in [6.07, 6.45) is 2.43. The highest BCUT2D eigenvalue weighted by atomic mass is 16.5. The standard InChI is InChI=1S/C24H29N3O4/c1-16(28)27-11-9-24(10-12-27)14-21(26-15-17-3-6-19(30-2)7-4-17)20-13-18(23(25)29)5-8-22(20)31-24/h3-8,13,21,26H,9-12,14-15H2,1-2H3,(H2,25,29)/p+1. The molecule has 164 valence electrons. The van der Waals surface area contributed by atoms with E-state index >= 15 is 0 Å². The number of hydrogen-bond acceptors (Lipinski definition) is 4. The number of hydrogen-bond donors (Lipinski definition) is 2. The number of benzene rings is 2.